The van der Waals surface area contributed by atoms with Crippen LogP contribution in [0.4, 0.5) is 14.5 Å². The molecule has 1 amide bonds. The van der Waals surface area contributed by atoms with Crippen molar-refractivity contribution in [2.75, 3.05) is 11.1 Å². The molecule has 1 aromatic heterocycles. The summed E-state index contributed by atoms with van der Waals surface area (Å²) in [5.41, 5.74) is 2.11. The Bertz CT molecular complexity index is 1110. The number of amides is 1. The van der Waals surface area contributed by atoms with Gasteiger partial charge in [-0.2, -0.15) is 0 Å². The second kappa shape index (κ2) is 10.4. The lowest BCUT2D eigenvalue weighted by atomic mass is 10.0. The lowest BCUT2D eigenvalue weighted by molar-refractivity contribution is -0.113. The highest BCUT2D eigenvalue weighted by Gasteiger charge is 2.16. The first kappa shape index (κ1) is 24.2. The Morgan fingerprint density at radius 1 is 1.25 bits per heavy atom. The second-order valence-electron chi connectivity index (χ2n) is 7.52. The summed E-state index contributed by atoms with van der Waals surface area (Å²) < 4.78 is 35.0. The van der Waals surface area contributed by atoms with Gasteiger partial charge in [0.25, 0.3) is 0 Å². The second-order valence-corrected chi connectivity index (χ2v) is 9.32. The van der Waals surface area contributed by atoms with Crippen molar-refractivity contribution in [2.45, 2.75) is 38.5 Å². The summed E-state index contributed by atoms with van der Waals surface area (Å²) in [5.74, 6) is -0.332. The van der Waals surface area contributed by atoms with E-state index in [2.05, 4.69) is 57.4 Å². The van der Waals surface area contributed by atoms with Gasteiger partial charge in [0.1, 0.15) is 18.2 Å². The normalized spacial score (nSPS) is 11.1. The fraction of sp³-hybridized carbons (Fsp3) is 0.318. The van der Waals surface area contributed by atoms with Crippen LogP contribution in [0.25, 0.3) is 0 Å². The molecule has 0 aliphatic heterocycles. The molecule has 0 fully saturated rings. The van der Waals surface area contributed by atoms with E-state index in [0.717, 1.165) is 34.7 Å². The zero-order valence-electron chi connectivity index (χ0n) is 18.1. The number of ether oxygens (including phenoxy) is 1. The fourth-order valence-corrected chi connectivity index (χ4v) is 4.19. The summed E-state index contributed by atoms with van der Waals surface area (Å²) in [4.78, 5) is 12.2. The summed E-state index contributed by atoms with van der Waals surface area (Å²) in [6, 6.07) is 7.91. The molecule has 0 aliphatic rings. The molecular weight excluding hydrogens is 502 g/mol. The van der Waals surface area contributed by atoms with Gasteiger partial charge < -0.3 is 14.6 Å². The van der Waals surface area contributed by atoms with Crippen LogP contribution < -0.4 is 10.1 Å². The number of hydrogen-bond acceptors (Lipinski definition) is 5. The number of hydrogen-bond donors (Lipinski definition) is 1. The van der Waals surface area contributed by atoms with E-state index >= 15 is 0 Å². The summed E-state index contributed by atoms with van der Waals surface area (Å²) in [6.45, 7) is 6.45. The van der Waals surface area contributed by atoms with Crippen molar-refractivity contribution in [3.8, 4) is 5.75 Å². The van der Waals surface area contributed by atoms with Gasteiger partial charge in [-0.05, 0) is 52.0 Å². The number of aryl methyl sites for hydroxylation is 1. The molecule has 0 radical (unpaired) electrons. The Morgan fingerprint density at radius 3 is 2.69 bits per heavy atom. The molecule has 0 saturated carbocycles. The molecule has 3 rings (SSSR count). The molecule has 0 aliphatic carbocycles. The van der Waals surface area contributed by atoms with Crippen molar-refractivity contribution in [1.82, 2.24) is 14.8 Å². The number of aromatic nitrogens is 3. The maximum Gasteiger partial charge on any atom is 0.234 e. The van der Waals surface area contributed by atoms with Crippen LogP contribution in [0, 0.1) is 18.6 Å². The topological polar surface area (TPSA) is 69.0 Å². The van der Waals surface area contributed by atoms with Crippen LogP contribution in [0.15, 0.2) is 40.0 Å². The van der Waals surface area contributed by atoms with Gasteiger partial charge in [-0.15, -0.1) is 10.2 Å². The van der Waals surface area contributed by atoms with Crippen LogP contribution in [0.1, 0.15) is 36.7 Å². The van der Waals surface area contributed by atoms with E-state index < -0.39 is 17.5 Å². The van der Waals surface area contributed by atoms with E-state index in [0.29, 0.717) is 23.0 Å². The van der Waals surface area contributed by atoms with Gasteiger partial charge in [-0.1, -0.05) is 37.7 Å². The summed E-state index contributed by atoms with van der Waals surface area (Å²) in [5, 5.41) is 11.2. The van der Waals surface area contributed by atoms with Crippen molar-refractivity contribution < 1.29 is 18.3 Å². The van der Waals surface area contributed by atoms with Crippen LogP contribution in [0.3, 0.4) is 0 Å². The summed E-state index contributed by atoms with van der Waals surface area (Å²) >= 11 is 4.20. The number of carbonyl (C=O) groups excluding carboxylic acids is 1. The highest BCUT2D eigenvalue weighted by Crippen LogP contribution is 2.29. The summed E-state index contributed by atoms with van der Waals surface area (Å²) in [6.07, 6.45) is 0. The van der Waals surface area contributed by atoms with Crippen molar-refractivity contribution in [3.63, 3.8) is 0 Å². The quantitative estimate of drug-likeness (QED) is 0.388. The zero-order valence-corrected chi connectivity index (χ0v) is 20.5. The van der Waals surface area contributed by atoms with Crippen LogP contribution in [0.2, 0.25) is 0 Å². The molecule has 10 heteroatoms. The third-order valence-electron chi connectivity index (χ3n) is 4.68. The summed E-state index contributed by atoms with van der Waals surface area (Å²) in [7, 11) is 1.79. The Labute approximate surface area is 197 Å². The lowest BCUT2D eigenvalue weighted by Crippen LogP contribution is -2.16. The number of nitrogens with zero attached hydrogens (tertiary/aromatic N) is 3. The molecule has 0 saturated heterocycles. The predicted molar refractivity (Wildman–Crippen MR) is 124 cm³/mol. The monoisotopic (exact) mass is 524 g/mol. The largest absolute Gasteiger partial charge is 0.485 e. The van der Waals surface area contributed by atoms with Gasteiger partial charge >= 0.3 is 0 Å². The standard InChI is InChI=1S/C22H23BrF2N4O2S/c1-12(2)15-6-5-13(3)7-18(15)31-10-19-27-28-22(29(19)4)32-11-20(30)26-21-16(23)8-14(24)9-17(21)25/h5-9,12H,10-11H2,1-4H3,(H,26,30). The maximum atomic E-state index is 13.9. The van der Waals surface area contributed by atoms with E-state index in [9.17, 15) is 13.6 Å². The van der Waals surface area contributed by atoms with Crippen LogP contribution >= 0.6 is 27.7 Å². The maximum absolute atomic E-state index is 13.9. The van der Waals surface area contributed by atoms with Crippen molar-refractivity contribution >= 4 is 39.3 Å². The van der Waals surface area contributed by atoms with E-state index in [1.807, 2.05) is 13.0 Å². The average molecular weight is 525 g/mol. The molecule has 0 atom stereocenters. The molecule has 1 N–H and O–H groups in total. The van der Waals surface area contributed by atoms with Crippen LogP contribution in [-0.4, -0.2) is 26.4 Å². The van der Waals surface area contributed by atoms with Gasteiger partial charge in [-0.3, -0.25) is 4.79 Å². The van der Waals surface area contributed by atoms with Gasteiger partial charge in [-0.25, -0.2) is 8.78 Å². The molecule has 0 bridgehead atoms. The van der Waals surface area contributed by atoms with Crippen molar-refractivity contribution in [3.05, 3.63) is 63.4 Å². The first-order valence-corrected chi connectivity index (χ1v) is 11.6. The Kier molecular flexibility index (Phi) is 7.89. The Balaban J connectivity index is 1.61. The first-order valence-electron chi connectivity index (χ1n) is 9.84. The smallest absolute Gasteiger partial charge is 0.234 e. The molecule has 0 unspecified atom stereocenters. The molecule has 0 spiro atoms. The number of nitrogens with one attached hydrogen (secondary N) is 1. The number of thioether (sulfide) groups is 1. The van der Waals surface area contributed by atoms with E-state index in [1.54, 1.807) is 11.6 Å². The van der Waals surface area contributed by atoms with Gasteiger partial charge in [0.2, 0.25) is 5.91 Å². The third-order valence-corrected chi connectivity index (χ3v) is 6.32. The molecule has 32 heavy (non-hydrogen) atoms. The van der Waals surface area contributed by atoms with E-state index in [4.69, 9.17) is 4.74 Å². The fourth-order valence-electron chi connectivity index (χ4n) is 2.95. The lowest BCUT2D eigenvalue weighted by Gasteiger charge is -2.14. The molecule has 170 valence electrons. The minimum absolute atomic E-state index is 0.0224. The number of rotatable bonds is 8. The number of anilines is 1. The first-order chi connectivity index (χ1) is 15.2. The SMILES string of the molecule is Cc1ccc(C(C)C)c(OCc2nnc(SCC(=O)Nc3c(F)cc(F)cc3Br)n2C)c1. The number of carbonyl (C=O) groups is 1. The molecule has 3 aromatic rings. The highest BCUT2D eigenvalue weighted by atomic mass is 79.9. The molecule has 1 heterocycles. The molecule has 2 aromatic carbocycles. The zero-order chi connectivity index (χ0) is 23.4. The van der Waals surface area contributed by atoms with E-state index in [-0.39, 0.29) is 22.5 Å². The van der Waals surface area contributed by atoms with Crippen molar-refractivity contribution in [1.29, 1.82) is 0 Å². The Morgan fingerprint density at radius 2 is 2.00 bits per heavy atom. The Hall–Kier alpha value is -2.46. The highest BCUT2D eigenvalue weighted by molar-refractivity contribution is 9.10. The van der Waals surface area contributed by atoms with Crippen molar-refractivity contribution in [2.24, 2.45) is 7.05 Å². The van der Waals surface area contributed by atoms with Gasteiger partial charge in [0, 0.05) is 17.6 Å². The minimum atomic E-state index is -0.856. The van der Waals surface area contributed by atoms with Gasteiger partial charge in [0.05, 0.1) is 11.4 Å². The molecule has 6 nitrogen and oxygen atoms in total. The van der Waals surface area contributed by atoms with Crippen LogP contribution in [0.5, 0.6) is 5.75 Å². The minimum Gasteiger partial charge on any atom is -0.485 e. The van der Waals surface area contributed by atoms with Gasteiger partial charge in [0.15, 0.2) is 16.8 Å². The average Bonchev–Trinajstić information content (AvgIpc) is 3.07. The number of halogens is 3. The number of benzene rings is 2. The molecular formula is C22H23BrF2N4O2S. The van der Waals surface area contributed by atoms with E-state index in [1.165, 1.54) is 0 Å². The predicted octanol–water partition coefficient (Wildman–Crippen LogP) is 5.60. The van der Waals surface area contributed by atoms with Crippen LogP contribution in [-0.2, 0) is 18.4 Å². The third kappa shape index (κ3) is 5.86.